The van der Waals surface area contributed by atoms with Gasteiger partial charge in [-0.2, -0.15) is 0 Å². The van der Waals surface area contributed by atoms with Crippen molar-refractivity contribution in [3.8, 4) is 23.0 Å². The average Bonchev–Trinajstić information content (AvgIpc) is 2.75. The molecule has 34 heavy (non-hydrogen) atoms. The van der Waals surface area contributed by atoms with Crippen molar-refractivity contribution in [2.75, 3.05) is 13.0 Å². The number of ether oxygens (including phenoxy) is 2. The van der Waals surface area contributed by atoms with Crippen LogP contribution in [0.1, 0.15) is 43.0 Å². The fourth-order valence-corrected chi connectivity index (χ4v) is 5.71. The largest absolute Gasteiger partial charge is 0.511 e. The maximum atomic E-state index is 13.5. The van der Waals surface area contributed by atoms with Gasteiger partial charge in [0.2, 0.25) is 5.75 Å². The number of nitrogens with two attached hydrogens (primary N) is 1. The third-order valence-electron chi connectivity index (χ3n) is 7.03. The van der Waals surface area contributed by atoms with Crippen molar-refractivity contribution in [3.05, 3.63) is 34.1 Å². The molecule has 0 saturated heterocycles. The molecule has 0 aliphatic heterocycles. The summed E-state index contributed by atoms with van der Waals surface area (Å²) in [5, 5.41) is 32.9. The molecule has 0 aromatic heterocycles. The number of ketones is 2. The van der Waals surface area contributed by atoms with Crippen molar-refractivity contribution in [2.45, 2.75) is 39.7 Å². The van der Waals surface area contributed by atoms with Gasteiger partial charge in [-0.25, -0.2) is 0 Å². The molecule has 2 aliphatic carbocycles. The molecule has 9 heteroatoms. The van der Waals surface area contributed by atoms with Gasteiger partial charge >= 0.3 is 0 Å². The highest BCUT2D eigenvalue weighted by Gasteiger charge is 2.48. The normalized spacial score (nSPS) is 22.1. The fourth-order valence-electron chi connectivity index (χ4n) is 5.59. The lowest BCUT2D eigenvalue weighted by molar-refractivity contribution is -0.128. The van der Waals surface area contributed by atoms with Gasteiger partial charge < -0.3 is 30.5 Å². The smallest absolute Gasteiger partial charge is 0.204 e. The molecule has 8 nitrogen and oxygen atoms in total. The van der Waals surface area contributed by atoms with E-state index in [1.807, 2.05) is 0 Å². The Kier molecular flexibility index (Phi) is 6.20. The van der Waals surface area contributed by atoms with E-state index in [0.717, 1.165) is 5.56 Å². The molecule has 0 fully saturated rings. The summed E-state index contributed by atoms with van der Waals surface area (Å²) in [6, 6.07) is 0.672. The second-order valence-corrected chi connectivity index (χ2v) is 9.50. The van der Waals surface area contributed by atoms with E-state index in [4.69, 9.17) is 15.2 Å². The number of benzene rings is 2. The van der Waals surface area contributed by atoms with Crippen LogP contribution in [0.25, 0.3) is 10.8 Å². The molecule has 4 rings (SSSR count). The van der Waals surface area contributed by atoms with Gasteiger partial charge in [-0.3, -0.25) is 9.59 Å². The van der Waals surface area contributed by atoms with Crippen molar-refractivity contribution >= 4 is 35.0 Å². The highest BCUT2D eigenvalue weighted by molar-refractivity contribution is 7.80. The summed E-state index contributed by atoms with van der Waals surface area (Å²) in [4.78, 5) is 26.1. The molecule has 0 amide bonds. The maximum absolute atomic E-state index is 13.5. The lowest BCUT2D eigenvalue weighted by atomic mass is 9.63. The quantitative estimate of drug-likeness (QED) is 0.245. The molecule has 182 valence electrons. The zero-order chi connectivity index (χ0) is 25.1. The number of carbonyl (C=O) groups excluding carboxylic acids is 2. The first kappa shape index (κ1) is 24.2. The molecule has 0 heterocycles. The van der Waals surface area contributed by atoms with E-state index in [1.54, 1.807) is 20.8 Å². The van der Waals surface area contributed by atoms with Crippen LogP contribution in [0.3, 0.4) is 0 Å². The van der Waals surface area contributed by atoms with E-state index in [9.17, 15) is 24.9 Å². The zero-order valence-electron chi connectivity index (χ0n) is 19.5. The molecule has 0 saturated carbocycles. The Hall–Kier alpha value is -2.91. The van der Waals surface area contributed by atoms with Gasteiger partial charge in [0, 0.05) is 40.6 Å². The number of allylic oxidation sites excluding steroid dienone is 2. The molecular formula is C25H29NO7S. The van der Waals surface area contributed by atoms with Gasteiger partial charge in [0.1, 0.15) is 17.4 Å². The summed E-state index contributed by atoms with van der Waals surface area (Å²) in [5.41, 5.74) is 8.57. The molecule has 3 atom stereocenters. The van der Waals surface area contributed by atoms with Crippen molar-refractivity contribution in [3.63, 3.8) is 0 Å². The van der Waals surface area contributed by atoms with E-state index >= 15 is 0 Å². The minimum Gasteiger partial charge on any atom is -0.511 e. The lowest BCUT2D eigenvalue weighted by Crippen LogP contribution is -2.45. The standard InChI is InChI=1S/C25H29NO7S/c1-9(2)21(29)19-14(27)6-11-5-12-16(20(26)18(11)22(19)30)10(3)17-13(24(12)32-4)7-15(28)25(23(17)31)33-8-34/h7,9,11,18,20,27-28,31,34H,5-6,8,26H2,1-4H3. The van der Waals surface area contributed by atoms with Crippen molar-refractivity contribution in [1.29, 1.82) is 0 Å². The number of phenolic OH excluding ortho intramolecular Hbond substituents is 2. The number of aryl methyl sites for hydroxylation is 1. The van der Waals surface area contributed by atoms with Crippen LogP contribution in [0.5, 0.6) is 23.0 Å². The number of Topliss-reactive ketones (excluding diaryl/α,β-unsaturated/α-hetero) is 2. The second-order valence-electron chi connectivity index (χ2n) is 9.24. The van der Waals surface area contributed by atoms with E-state index < -0.39 is 29.4 Å². The number of carbonyl (C=O) groups is 2. The molecule has 0 radical (unpaired) electrons. The van der Waals surface area contributed by atoms with Crippen LogP contribution in [0.2, 0.25) is 0 Å². The molecule has 2 aliphatic rings. The summed E-state index contributed by atoms with van der Waals surface area (Å²) < 4.78 is 11.0. The number of methoxy groups -OCH3 is 1. The predicted molar refractivity (Wildman–Crippen MR) is 130 cm³/mol. The Morgan fingerprint density at radius 3 is 2.50 bits per heavy atom. The third-order valence-corrected chi connectivity index (χ3v) is 7.16. The van der Waals surface area contributed by atoms with E-state index in [-0.39, 0.29) is 46.9 Å². The number of fused-ring (bicyclic) bond motifs is 3. The summed E-state index contributed by atoms with van der Waals surface area (Å²) in [5.74, 6) is -2.78. The number of phenols is 2. The number of hydrogen-bond donors (Lipinski definition) is 5. The van der Waals surface area contributed by atoms with Crippen LogP contribution in [0, 0.1) is 24.7 Å². The van der Waals surface area contributed by atoms with Crippen LogP contribution in [0.15, 0.2) is 17.4 Å². The fraction of sp³-hybridized carbons (Fsp3) is 0.440. The Labute approximate surface area is 202 Å². The predicted octanol–water partition coefficient (Wildman–Crippen LogP) is 3.63. The first-order valence-electron chi connectivity index (χ1n) is 11.1. The average molecular weight is 488 g/mol. The lowest BCUT2D eigenvalue weighted by Gasteiger charge is -2.41. The maximum Gasteiger partial charge on any atom is 0.204 e. The zero-order valence-corrected chi connectivity index (χ0v) is 20.4. The Morgan fingerprint density at radius 1 is 1.24 bits per heavy atom. The summed E-state index contributed by atoms with van der Waals surface area (Å²) in [7, 11) is 1.48. The van der Waals surface area contributed by atoms with Crippen LogP contribution >= 0.6 is 12.6 Å². The van der Waals surface area contributed by atoms with Crippen LogP contribution in [-0.4, -0.2) is 39.9 Å². The topological polar surface area (TPSA) is 139 Å². The number of aliphatic hydroxyl groups excluding tert-OH is 1. The number of rotatable bonds is 5. The minimum atomic E-state index is -0.787. The van der Waals surface area contributed by atoms with Gasteiger partial charge in [-0.15, -0.1) is 12.6 Å². The molecule has 2 aromatic carbocycles. The summed E-state index contributed by atoms with van der Waals surface area (Å²) in [6.07, 6.45) is 0.534. The van der Waals surface area contributed by atoms with Crippen molar-refractivity contribution in [2.24, 2.45) is 23.5 Å². The molecule has 0 bridgehead atoms. The van der Waals surface area contributed by atoms with E-state index in [1.165, 1.54) is 13.2 Å². The SMILES string of the molecule is COc1c2c(c(C)c3c(O)c(OCS)c(O)cc13)C(N)C1C(=O)C(C(=O)C(C)C)=C(O)CC1C2. The molecule has 2 aromatic rings. The molecular weight excluding hydrogens is 458 g/mol. The highest BCUT2D eigenvalue weighted by Crippen LogP contribution is 2.54. The number of thiol groups is 1. The van der Waals surface area contributed by atoms with Gasteiger partial charge in [0.15, 0.2) is 23.1 Å². The molecule has 0 spiro atoms. The van der Waals surface area contributed by atoms with Crippen molar-refractivity contribution in [1.82, 2.24) is 0 Å². The number of hydrogen-bond acceptors (Lipinski definition) is 9. The molecule has 5 N–H and O–H groups in total. The van der Waals surface area contributed by atoms with Gasteiger partial charge in [-0.05, 0) is 36.5 Å². The Morgan fingerprint density at radius 2 is 1.91 bits per heavy atom. The summed E-state index contributed by atoms with van der Waals surface area (Å²) in [6.45, 7) is 5.15. The first-order chi connectivity index (χ1) is 16.0. The van der Waals surface area contributed by atoms with E-state index in [2.05, 4.69) is 12.6 Å². The minimum absolute atomic E-state index is 0.0615. The monoisotopic (exact) mass is 487 g/mol. The first-order valence-corrected chi connectivity index (χ1v) is 11.8. The van der Waals surface area contributed by atoms with Crippen molar-refractivity contribution < 1.29 is 34.4 Å². The Balaban J connectivity index is 1.96. The number of aliphatic hydroxyl groups is 1. The van der Waals surface area contributed by atoms with Crippen LogP contribution < -0.4 is 15.2 Å². The second kappa shape index (κ2) is 8.70. The van der Waals surface area contributed by atoms with Gasteiger partial charge in [0.25, 0.3) is 0 Å². The summed E-state index contributed by atoms with van der Waals surface area (Å²) >= 11 is 4.01. The third kappa shape index (κ3) is 3.41. The molecule has 3 unspecified atom stereocenters. The van der Waals surface area contributed by atoms with Gasteiger partial charge in [-0.1, -0.05) is 13.8 Å². The Bertz CT molecular complexity index is 1250. The van der Waals surface area contributed by atoms with Gasteiger partial charge in [0.05, 0.1) is 12.7 Å². The van der Waals surface area contributed by atoms with Crippen LogP contribution in [0.4, 0.5) is 0 Å². The van der Waals surface area contributed by atoms with Crippen LogP contribution in [-0.2, 0) is 16.0 Å². The highest BCUT2D eigenvalue weighted by atomic mass is 32.1. The van der Waals surface area contributed by atoms with E-state index in [0.29, 0.717) is 34.1 Å². The number of aromatic hydroxyl groups is 2.